The van der Waals surface area contributed by atoms with Crippen LogP contribution in [0, 0.1) is 42.9 Å². The predicted octanol–water partition coefficient (Wildman–Crippen LogP) is 22.8. The van der Waals surface area contributed by atoms with Gasteiger partial charge in [-0.25, -0.2) is 26.5 Å². The molecule has 8 heteroatoms. The molecule has 77 heavy (non-hydrogen) atoms. The van der Waals surface area contributed by atoms with E-state index in [4.69, 9.17) is 4.42 Å². The van der Waals surface area contributed by atoms with Crippen LogP contribution in [0.25, 0.3) is 33.4 Å². The molecule has 0 aromatic heterocycles. The predicted molar refractivity (Wildman–Crippen MR) is 322 cm³/mol. The zero-order chi connectivity index (χ0) is 55.5. The Morgan fingerprint density at radius 3 is 1.08 bits per heavy atom. The Morgan fingerprint density at radius 1 is 0.364 bits per heavy atom. The van der Waals surface area contributed by atoms with Gasteiger partial charge in [-0.05, 0) is 57.2 Å². The lowest BCUT2D eigenvalue weighted by Gasteiger charge is -2.28. The highest BCUT2D eigenvalue weighted by molar-refractivity contribution is 6.03. The van der Waals surface area contributed by atoms with Gasteiger partial charge >= 0.3 is 0 Å². The van der Waals surface area contributed by atoms with Crippen LogP contribution < -0.4 is 14.8 Å². The minimum atomic E-state index is -2.15. The van der Waals surface area contributed by atoms with Crippen molar-refractivity contribution in [1.29, 1.82) is 0 Å². The third-order valence-electron chi connectivity index (χ3n) is 16.6. The van der Waals surface area contributed by atoms with Crippen LogP contribution in [0.4, 0.5) is 27.6 Å². The Balaban J connectivity index is 1.75. The van der Waals surface area contributed by atoms with Crippen molar-refractivity contribution in [3.63, 3.8) is 0 Å². The number of benzene rings is 3. The SMILES string of the molecule is CCCCCCCCCCCCN(CCCCCCCCCCCC)c1cc2oc3cc(=[N+](CCCCCCCCCCCC)CCCCCCCCCCCC)c(C)cc-3c(-c3c(F)c(F)c(F)c(F)c3F)c2cc1C. The molecule has 0 saturated carbocycles. The van der Waals surface area contributed by atoms with E-state index in [0.29, 0.717) is 22.3 Å². The van der Waals surface area contributed by atoms with Gasteiger partial charge in [-0.1, -0.05) is 246 Å². The summed E-state index contributed by atoms with van der Waals surface area (Å²) in [6, 6.07) is 7.68. The number of fused-ring (bicyclic) bond motifs is 2. The smallest absolute Gasteiger partial charge is 0.206 e. The van der Waals surface area contributed by atoms with Crippen molar-refractivity contribution in [3.8, 4) is 22.5 Å². The van der Waals surface area contributed by atoms with Gasteiger partial charge in [-0.3, -0.25) is 0 Å². The summed E-state index contributed by atoms with van der Waals surface area (Å²) >= 11 is 0. The molecule has 0 unspecified atom stereocenters. The molecule has 0 amide bonds. The molecule has 0 atom stereocenters. The Kier molecular flexibility index (Phi) is 34.2. The summed E-state index contributed by atoms with van der Waals surface area (Å²) in [5.41, 5.74) is 2.52. The van der Waals surface area contributed by atoms with E-state index in [9.17, 15) is 4.39 Å². The Bertz CT molecular complexity index is 2170. The maximum atomic E-state index is 16.3. The first-order valence-electron chi connectivity index (χ1n) is 32.5. The number of hydrogen-bond donors (Lipinski definition) is 0. The van der Waals surface area contributed by atoms with Gasteiger partial charge in [-0.15, -0.1) is 0 Å². The van der Waals surface area contributed by atoms with Gasteiger partial charge in [0.2, 0.25) is 11.2 Å². The molecule has 1 heterocycles. The van der Waals surface area contributed by atoms with Crippen LogP contribution in [0.5, 0.6) is 0 Å². The second kappa shape index (κ2) is 39.9. The molecule has 0 fully saturated rings. The second-order valence-corrected chi connectivity index (χ2v) is 23.4. The molecule has 2 aromatic rings. The molecule has 0 saturated heterocycles. The summed E-state index contributed by atoms with van der Waals surface area (Å²) in [7, 11) is 0. The number of hydrogen-bond acceptors (Lipinski definition) is 2. The molecule has 0 radical (unpaired) electrons. The van der Waals surface area contributed by atoms with E-state index in [2.05, 4.69) is 37.2 Å². The molecule has 2 aromatic carbocycles. The van der Waals surface area contributed by atoms with Crippen LogP contribution in [0.3, 0.4) is 0 Å². The van der Waals surface area contributed by atoms with E-state index in [0.717, 1.165) is 99.7 Å². The maximum absolute atomic E-state index is 16.3. The van der Waals surface area contributed by atoms with Crippen LogP contribution in [0.15, 0.2) is 28.7 Å². The third kappa shape index (κ3) is 23.3. The zero-order valence-corrected chi connectivity index (χ0v) is 50.1. The first kappa shape index (κ1) is 66.1. The summed E-state index contributed by atoms with van der Waals surface area (Å²) in [5.74, 6) is -9.32. The molecule has 3 nitrogen and oxygen atoms in total. The fourth-order valence-electron chi connectivity index (χ4n) is 11.8. The molecule has 4 rings (SSSR count). The molecule has 2 aliphatic rings. The first-order valence-corrected chi connectivity index (χ1v) is 32.5. The highest BCUT2D eigenvalue weighted by Gasteiger charge is 2.32. The number of rotatable bonds is 46. The minimum Gasteiger partial charge on any atom is -0.456 e. The number of halogens is 5. The fraction of sp³-hybridized carbons (Fsp3) is 0.725. The number of nitrogens with zero attached hydrogens (tertiary/aromatic N) is 2. The van der Waals surface area contributed by atoms with Crippen molar-refractivity contribution < 1.29 is 26.4 Å². The topological polar surface area (TPSA) is 19.4 Å². The van der Waals surface area contributed by atoms with Gasteiger partial charge in [-0.2, -0.15) is 0 Å². The van der Waals surface area contributed by atoms with Gasteiger partial charge in [0.15, 0.2) is 23.3 Å². The number of aryl methyl sites for hydroxylation is 2. The molecule has 1 aliphatic heterocycles. The van der Waals surface area contributed by atoms with E-state index >= 15 is 17.6 Å². The quantitative estimate of drug-likeness (QED) is 0.0110. The summed E-state index contributed by atoms with van der Waals surface area (Å²) in [4.78, 5) is 2.46. The van der Waals surface area contributed by atoms with Crippen LogP contribution >= 0.6 is 0 Å². The lowest BCUT2D eigenvalue weighted by Crippen LogP contribution is -2.34. The van der Waals surface area contributed by atoms with Crippen molar-refractivity contribution >= 4 is 16.7 Å². The van der Waals surface area contributed by atoms with E-state index in [1.54, 1.807) is 0 Å². The summed E-state index contributed by atoms with van der Waals surface area (Å²) in [6.45, 7) is 16.5. The fourth-order valence-corrected chi connectivity index (χ4v) is 11.8. The van der Waals surface area contributed by atoms with E-state index in [-0.39, 0.29) is 5.56 Å². The average Bonchev–Trinajstić information content (AvgIpc) is 3.47. The van der Waals surface area contributed by atoms with Crippen molar-refractivity contribution in [1.82, 2.24) is 4.58 Å². The third-order valence-corrected chi connectivity index (χ3v) is 16.6. The van der Waals surface area contributed by atoms with Gasteiger partial charge < -0.3 is 9.32 Å². The molecule has 0 N–H and O–H groups in total. The summed E-state index contributed by atoms with van der Waals surface area (Å²) in [6.07, 6.45) is 50.0. The molecular formula is C69H110F5N2O+. The Labute approximate surface area is 467 Å². The van der Waals surface area contributed by atoms with Crippen LogP contribution in [-0.2, 0) is 0 Å². The molecular weight excluding hydrogens is 968 g/mol. The normalized spacial score (nSPS) is 11.8. The Morgan fingerprint density at radius 2 is 0.701 bits per heavy atom. The van der Waals surface area contributed by atoms with Gasteiger partial charge in [0, 0.05) is 59.8 Å². The van der Waals surface area contributed by atoms with E-state index in [1.165, 1.54) is 205 Å². The number of unbranched alkanes of at least 4 members (excludes halogenated alkanes) is 36. The van der Waals surface area contributed by atoms with Crippen molar-refractivity contribution in [3.05, 3.63) is 69.8 Å². The first-order chi connectivity index (χ1) is 37.6. The van der Waals surface area contributed by atoms with Crippen molar-refractivity contribution in [2.75, 3.05) is 31.1 Å². The highest BCUT2D eigenvalue weighted by atomic mass is 19.2. The molecule has 0 bridgehead atoms. The van der Waals surface area contributed by atoms with Crippen molar-refractivity contribution in [2.24, 2.45) is 0 Å². The summed E-state index contributed by atoms with van der Waals surface area (Å²) in [5, 5.41) is 1.33. The molecule has 436 valence electrons. The molecule has 1 aliphatic carbocycles. The van der Waals surface area contributed by atoms with Crippen molar-refractivity contribution in [2.45, 2.75) is 298 Å². The lowest BCUT2D eigenvalue weighted by atomic mass is 9.90. The molecule has 0 spiro atoms. The monoisotopic (exact) mass is 1080 g/mol. The van der Waals surface area contributed by atoms with Gasteiger partial charge in [0.1, 0.15) is 24.4 Å². The van der Waals surface area contributed by atoms with Gasteiger partial charge in [0.05, 0.1) is 11.6 Å². The number of anilines is 1. The van der Waals surface area contributed by atoms with Crippen LogP contribution in [0.1, 0.15) is 296 Å². The average molecular weight is 1080 g/mol. The minimum absolute atomic E-state index is 0.0229. The standard InChI is InChI=1S/C69H110F5N2O/c1-7-11-15-19-23-27-31-35-39-43-47-75(48-44-40-36-32-28-24-20-16-12-8-2)59-53-61-57(51-55(59)5)63(64-65(70)67(72)69(74)68(73)66(64)71)58-52-56(6)60(54-62(58)77-61)76(49-45-41-37-33-29-25-21-17-13-9-3)50-46-42-38-34-30-26-22-18-14-10-4/h51-54H,7-50H2,1-6H3/q+1. The zero-order valence-electron chi connectivity index (χ0n) is 50.1. The van der Waals surface area contributed by atoms with Gasteiger partial charge in [0.25, 0.3) is 0 Å². The maximum Gasteiger partial charge on any atom is 0.206 e. The van der Waals surface area contributed by atoms with E-state index < -0.39 is 34.6 Å². The lowest BCUT2D eigenvalue weighted by molar-refractivity contribution is 0.381. The summed E-state index contributed by atoms with van der Waals surface area (Å²) < 4.78 is 87.3. The highest BCUT2D eigenvalue weighted by Crippen LogP contribution is 2.45. The van der Waals surface area contributed by atoms with Crippen LogP contribution in [0.2, 0.25) is 0 Å². The van der Waals surface area contributed by atoms with Crippen LogP contribution in [-0.4, -0.2) is 26.2 Å². The Hall–Kier alpha value is -3.42. The second-order valence-electron chi connectivity index (χ2n) is 23.4. The van der Waals surface area contributed by atoms with E-state index in [1.807, 2.05) is 38.1 Å². The largest absolute Gasteiger partial charge is 0.456 e.